The maximum atomic E-state index is 14.4. The highest BCUT2D eigenvalue weighted by Crippen LogP contribution is 2.23. The van der Waals surface area contributed by atoms with E-state index < -0.39 is 0 Å². The van der Waals surface area contributed by atoms with Crippen molar-refractivity contribution in [2.75, 3.05) is 5.32 Å². The lowest BCUT2D eigenvalue weighted by atomic mass is 10.1. The fourth-order valence-electron chi connectivity index (χ4n) is 1.72. The van der Waals surface area contributed by atoms with Crippen molar-refractivity contribution in [1.82, 2.24) is 10.3 Å². The first-order valence-corrected chi connectivity index (χ1v) is 7.91. The highest BCUT2D eigenvalue weighted by Gasteiger charge is 2.13. The Morgan fingerprint density at radius 3 is 2.62 bits per heavy atom. The van der Waals surface area contributed by atoms with E-state index in [1.54, 1.807) is 12.3 Å². The summed E-state index contributed by atoms with van der Waals surface area (Å²) in [6.07, 6.45) is 1.62. The summed E-state index contributed by atoms with van der Waals surface area (Å²) in [6, 6.07) is 5.45. The Balaban J connectivity index is 2.03. The second-order valence-electron chi connectivity index (χ2n) is 5.80. The number of thiophene rings is 1. The van der Waals surface area contributed by atoms with Crippen LogP contribution in [-0.4, -0.2) is 10.5 Å². The molecule has 2 heterocycles. The topological polar surface area (TPSA) is 37.0 Å². The van der Waals surface area contributed by atoms with Crippen LogP contribution in [0.5, 0.6) is 0 Å². The Kier molecular flexibility index (Phi) is 5.19. The molecule has 0 radical (unpaired) electrons. The van der Waals surface area contributed by atoms with Crippen molar-refractivity contribution in [1.29, 1.82) is 0 Å². The van der Waals surface area contributed by atoms with Crippen LogP contribution in [0.4, 0.5) is 10.2 Å². The van der Waals surface area contributed by atoms with Crippen LogP contribution in [0.25, 0.3) is 0 Å². The molecule has 21 heavy (non-hydrogen) atoms. The molecule has 0 aliphatic carbocycles. The lowest BCUT2D eigenvalue weighted by Crippen LogP contribution is -2.35. The van der Waals surface area contributed by atoms with Crippen molar-refractivity contribution in [3.8, 4) is 0 Å². The third-order valence-electron chi connectivity index (χ3n) is 2.84. The number of halogens is 2. The molecule has 0 atom stereocenters. The second kappa shape index (κ2) is 6.73. The van der Waals surface area contributed by atoms with E-state index >= 15 is 0 Å². The first-order valence-electron chi connectivity index (χ1n) is 6.71. The lowest BCUT2D eigenvalue weighted by molar-refractivity contribution is 0.418. The molecule has 2 aromatic rings. The number of nitrogens with one attached hydrogen (secondary N) is 2. The van der Waals surface area contributed by atoms with Gasteiger partial charge in [0.25, 0.3) is 0 Å². The lowest BCUT2D eigenvalue weighted by Gasteiger charge is -2.21. The van der Waals surface area contributed by atoms with Crippen molar-refractivity contribution in [2.24, 2.45) is 0 Å². The minimum atomic E-state index is -0.308. The SMILES string of the molecule is CC(C)(C)NCc1ccnc(NCc2ccc(Cl)s2)c1F. The largest absolute Gasteiger partial charge is 0.363 e. The van der Waals surface area contributed by atoms with Gasteiger partial charge in [0.2, 0.25) is 0 Å². The second-order valence-corrected chi connectivity index (χ2v) is 7.60. The monoisotopic (exact) mass is 327 g/mol. The van der Waals surface area contributed by atoms with Gasteiger partial charge in [0.15, 0.2) is 11.6 Å². The van der Waals surface area contributed by atoms with E-state index in [4.69, 9.17) is 11.6 Å². The van der Waals surface area contributed by atoms with Gasteiger partial charge in [-0.15, -0.1) is 11.3 Å². The molecule has 2 aromatic heterocycles. The van der Waals surface area contributed by atoms with Crippen LogP contribution < -0.4 is 10.6 Å². The zero-order valence-corrected chi connectivity index (χ0v) is 13.9. The van der Waals surface area contributed by atoms with Crippen LogP contribution in [0, 0.1) is 5.82 Å². The molecule has 0 aliphatic heterocycles. The molecule has 0 amide bonds. The molecule has 0 aliphatic rings. The summed E-state index contributed by atoms with van der Waals surface area (Å²) in [5.41, 5.74) is 0.545. The highest BCUT2D eigenvalue weighted by atomic mass is 35.5. The summed E-state index contributed by atoms with van der Waals surface area (Å²) < 4.78 is 15.1. The molecular formula is C15H19ClFN3S. The maximum absolute atomic E-state index is 14.4. The molecule has 0 saturated heterocycles. The Hall–Kier alpha value is -1.17. The molecule has 0 unspecified atom stereocenters. The minimum Gasteiger partial charge on any atom is -0.363 e. The summed E-state index contributed by atoms with van der Waals surface area (Å²) in [7, 11) is 0. The van der Waals surface area contributed by atoms with Gasteiger partial charge < -0.3 is 10.6 Å². The third-order valence-corrected chi connectivity index (χ3v) is 4.07. The van der Waals surface area contributed by atoms with Crippen LogP contribution >= 0.6 is 22.9 Å². The van der Waals surface area contributed by atoms with Crippen LogP contribution in [0.2, 0.25) is 4.34 Å². The van der Waals surface area contributed by atoms with E-state index in [1.807, 2.05) is 32.9 Å². The maximum Gasteiger partial charge on any atom is 0.169 e. The molecule has 0 spiro atoms. The zero-order valence-electron chi connectivity index (χ0n) is 12.3. The van der Waals surface area contributed by atoms with Gasteiger partial charge in [0.1, 0.15) is 0 Å². The van der Waals surface area contributed by atoms with Crippen LogP contribution in [-0.2, 0) is 13.1 Å². The van der Waals surface area contributed by atoms with Gasteiger partial charge >= 0.3 is 0 Å². The predicted octanol–water partition coefficient (Wildman–Crippen LogP) is 4.44. The van der Waals surface area contributed by atoms with Crippen molar-refractivity contribution in [2.45, 2.75) is 39.4 Å². The summed E-state index contributed by atoms with van der Waals surface area (Å²) in [4.78, 5) is 5.10. The van der Waals surface area contributed by atoms with Gasteiger partial charge in [-0.1, -0.05) is 11.6 Å². The number of nitrogens with zero attached hydrogens (tertiary/aromatic N) is 1. The van der Waals surface area contributed by atoms with Crippen molar-refractivity contribution < 1.29 is 4.39 Å². The Morgan fingerprint density at radius 2 is 2.00 bits per heavy atom. The van der Waals surface area contributed by atoms with Gasteiger partial charge in [-0.2, -0.15) is 0 Å². The normalized spacial score (nSPS) is 11.7. The molecule has 0 fully saturated rings. The van der Waals surface area contributed by atoms with Gasteiger partial charge in [-0.3, -0.25) is 0 Å². The van der Waals surface area contributed by atoms with Gasteiger partial charge in [-0.25, -0.2) is 9.37 Å². The van der Waals surface area contributed by atoms with E-state index in [-0.39, 0.29) is 17.2 Å². The summed E-state index contributed by atoms with van der Waals surface area (Å²) >= 11 is 7.35. The van der Waals surface area contributed by atoms with Crippen molar-refractivity contribution in [3.63, 3.8) is 0 Å². The quantitative estimate of drug-likeness (QED) is 0.852. The predicted molar refractivity (Wildman–Crippen MR) is 87.4 cm³/mol. The number of pyridine rings is 1. The number of hydrogen-bond acceptors (Lipinski definition) is 4. The number of anilines is 1. The molecule has 0 saturated carbocycles. The molecule has 0 aromatic carbocycles. The van der Waals surface area contributed by atoms with Gasteiger partial charge in [-0.05, 0) is 39.0 Å². The summed E-state index contributed by atoms with van der Waals surface area (Å²) in [5, 5.41) is 6.29. The molecule has 114 valence electrons. The van der Waals surface area contributed by atoms with E-state index in [1.165, 1.54) is 11.3 Å². The van der Waals surface area contributed by atoms with Crippen molar-refractivity contribution in [3.05, 3.63) is 45.0 Å². The standard InChI is InChI=1S/C15H19ClFN3S/c1-15(2,3)20-8-10-6-7-18-14(13(10)17)19-9-11-4-5-12(16)21-11/h4-7,20H,8-9H2,1-3H3,(H,18,19). The van der Waals surface area contributed by atoms with E-state index in [0.717, 1.165) is 9.21 Å². The fraction of sp³-hybridized carbons (Fsp3) is 0.400. The highest BCUT2D eigenvalue weighted by molar-refractivity contribution is 7.16. The van der Waals surface area contributed by atoms with Crippen molar-refractivity contribution >= 4 is 28.8 Å². The Morgan fingerprint density at radius 1 is 1.24 bits per heavy atom. The molecule has 6 heteroatoms. The summed E-state index contributed by atoms with van der Waals surface area (Å²) in [6.45, 7) is 7.12. The fourth-order valence-corrected chi connectivity index (χ4v) is 2.75. The molecule has 3 nitrogen and oxygen atoms in total. The number of hydrogen-bond donors (Lipinski definition) is 2. The third kappa shape index (κ3) is 4.95. The smallest absolute Gasteiger partial charge is 0.169 e. The summed E-state index contributed by atoms with van der Waals surface area (Å²) in [5.74, 6) is -0.0374. The van der Waals surface area contributed by atoms with Gasteiger partial charge in [0, 0.05) is 28.7 Å². The average Bonchev–Trinajstić information content (AvgIpc) is 2.81. The average molecular weight is 328 g/mol. The van der Waals surface area contributed by atoms with E-state index in [2.05, 4.69) is 15.6 Å². The number of rotatable bonds is 5. The Labute approximate surface area is 133 Å². The van der Waals surface area contributed by atoms with E-state index in [9.17, 15) is 4.39 Å². The van der Waals surface area contributed by atoms with Crippen LogP contribution in [0.15, 0.2) is 24.4 Å². The Bertz CT molecular complexity index is 607. The van der Waals surface area contributed by atoms with Crippen LogP contribution in [0.1, 0.15) is 31.2 Å². The van der Waals surface area contributed by atoms with Gasteiger partial charge in [0.05, 0.1) is 10.9 Å². The minimum absolute atomic E-state index is 0.0585. The van der Waals surface area contributed by atoms with E-state index in [0.29, 0.717) is 18.7 Å². The zero-order chi connectivity index (χ0) is 15.5. The van der Waals surface area contributed by atoms with Crippen LogP contribution in [0.3, 0.4) is 0 Å². The molecule has 0 bridgehead atoms. The molecule has 2 N–H and O–H groups in total. The first-order chi connectivity index (χ1) is 9.85. The number of aromatic nitrogens is 1. The first kappa shape index (κ1) is 16.2. The molecular weight excluding hydrogens is 309 g/mol. The molecule has 2 rings (SSSR count).